The molecule has 3 aromatic rings. The van der Waals surface area contributed by atoms with Gasteiger partial charge in [0.2, 0.25) is 5.91 Å². The number of ether oxygens (including phenoxy) is 1. The Morgan fingerprint density at radius 1 is 1.16 bits per heavy atom. The highest BCUT2D eigenvalue weighted by Gasteiger charge is 2.45. The van der Waals surface area contributed by atoms with Crippen LogP contribution in [0, 0.1) is 11.8 Å². The Kier molecular flexibility index (Phi) is 10.3. The Morgan fingerprint density at radius 3 is 2.52 bits per heavy atom. The third-order valence-corrected chi connectivity index (χ3v) is 8.47. The fourth-order valence-corrected chi connectivity index (χ4v) is 6.03. The van der Waals surface area contributed by atoms with E-state index in [-0.39, 0.29) is 12.3 Å². The second kappa shape index (κ2) is 13.6. The minimum Gasteiger partial charge on any atom is -0.445 e. The van der Waals surface area contributed by atoms with Crippen LogP contribution in [0.5, 0.6) is 0 Å². The molecular formula is C32H38ClF3N4O4. The van der Waals surface area contributed by atoms with Gasteiger partial charge in [0.1, 0.15) is 6.04 Å². The van der Waals surface area contributed by atoms with E-state index in [0.717, 1.165) is 22.0 Å². The number of fused-ring (bicyclic) bond motifs is 2. The SMILES string of the molecule is CCC(C)C(OC(=O)C(F)(F)F)C(=O)NC(C(=O)N1C[C@@H](CN(C)C)Cc2cc(Cl)ccc21)C(C)c1c[nH]c2ccccc12. The Balaban J connectivity index is 1.76. The largest absolute Gasteiger partial charge is 0.490 e. The van der Waals surface area contributed by atoms with Gasteiger partial charge in [-0.2, -0.15) is 13.2 Å². The molecule has 1 aliphatic rings. The first-order valence-corrected chi connectivity index (χ1v) is 15.0. The summed E-state index contributed by atoms with van der Waals surface area (Å²) in [6.45, 7) is 6.02. The molecule has 1 aromatic heterocycles. The van der Waals surface area contributed by atoms with Crippen LogP contribution in [0.25, 0.3) is 10.9 Å². The van der Waals surface area contributed by atoms with Crippen LogP contribution < -0.4 is 10.2 Å². The molecule has 1 aliphatic heterocycles. The lowest BCUT2D eigenvalue weighted by molar-refractivity contribution is -0.207. The van der Waals surface area contributed by atoms with E-state index in [0.29, 0.717) is 30.2 Å². The van der Waals surface area contributed by atoms with Gasteiger partial charge in [0.25, 0.3) is 5.91 Å². The lowest BCUT2D eigenvalue weighted by Crippen LogP contribution is -2.56. The second-order valence-corrected chi connectivity index (χ2v) is 12.3. The van der Waals surface area contributed by atoms with Gasteiger partial charge in [-0.15, -0.1) is 0 Å². The summed E-state index contributed by atoms with van der Waals surface area (Å²) in [4.78, 5) is 46.9. The zero-order valence-corrected chi connectivity index (χ0v) is 26.1. The molecular weight excluding hydrogens is 597 g/mol. The number of carbonyl (C=O) groups excluding carboxylic acids is 3. The zero-order valence-electron chi connectivity index (χ0n) is 25.4. The number of anilines is 1. The third-order valence-electron chi connectivity index (χ3n) is 8.23. The molecule has 238 valence electrons. The van der Waals surface area contributed by atoms with Gasteiger partial charge in [-0.3, -0.25) is 9.59 Å². The third kappa shape index (κ3) is 7.38. The van der Waals surface area contributed by atoms with Crippen molar-refractivity contribution < 1.29 is 32.3 Å². The van der Waals surface area contributed by atoms with Gasteiger partial charge >= 0.3 is 12.1 Å². The van der Waals surface area contributed by atoms with Crippen LogP contribution in [0.1, 0.15) is 44.2 Å². The standard InChI is InChI=1S/C32H38ClF3N4O4/c1-6-18(2)28(44-31(43)32(34,35)36)29(41)38-27(19(3)24-15-37-25-10-8-7-9-23(24)25)30(42)40-17-20(16-39(4)5)13-21-14-22(33)11-12-26(21)40/h7-12,14-15,18-20,27-28,37H,6,13,16-17H2,1-5H3,(H,38,41)/t18?,19?,20-,27?,28?/m1/s1. The maximum absolute atomic E-state index is 14.6. The van der Waals surface area contributed by atoms with E-state index < -0.39 is 47.9 Å². The molecule has 4 rings (SSSR count). The summed E-state index contributed by atoms with van der Waals surface area (Å²) in [6, 6.07) is 11.6. The molecule has 2 heterocycles. The molecule has 0 spiro atoms. The average molecular weight is 635 g/mol. The molecule has 5 atom stereocenters. The van der Waals surface area contributed by atoms with Crippen molar-refractivity contribution in [1.29, 1.82) is 0 Å². The lowest BCUT2D eigenvalue weighted by Gasteiger charge is -2.39. The molecule has 2 N–H and O–H groups in total. The number of amides is 2. The quantitative estimate of drug-likeness (QED) is 0.279. The van der Waals surface area contributed by atoms with E-state index >= 15 is 0 Å². The summed E-state index contributed by atoms with van der Waals surface area (Å²) in [5.41, 5.74) is 3.10. The molecule has 0 aliphatic carbocycles. The second-order valence-electron chi connectivity index (χ2n) is 11.8. The Morgan fingerprint density at radius 2 is 1.86 bits per heavy atom. The highest BCUT2D eigenvalue weighted by atomic mass is 35.5. The van der Waals surface area contributed by atoms with Crippen LogP contribution in [-0.4, -0.2) is 73.2 Å². The topological polar surface area (TPSA) is 94.7 Å². The van der Waals surface area contributed by atoms with Crippen LogP contribution in [0.3, 0.4) is 0 Å². The van der Waals surface area contributed by atoms with Crippen molar-refractivity contribution in [3.63, 3.8) is 0 Å². The number of aromatic nitrogens is 1. The lowest BCUT2D eigenvalue weighted by atomic mass is 9.88. The molecule has 0 saturated carbocycles. The molecule has 2 aromatic carbocycles. The summed E-state index contributed by atoms with van der Waals surface area (Å²) in [6.07, 6.45) is -4.33. The number of H-pyrrole nitrogens is 1. The monoisotopic (exact) mass is 634 g/mol. The fraction of sp³-hybridized carbons (Fsp3) is 0.469. The van der Waals surface area contributed by atoms with E-state index in [4.69, 9.17) is 16.3 Å². The molecule has 8 nitrogen and oxygen atoms in total. The van der Waals surface area contributed by atoms with Gasteiger partial charge in [-0.1, -0.05) is 50.6 Å². The van der Waals surface area contributed by atoms with Crippen molar-refractivity contribution in [1.82, 2.24) is 15.2 Å². The number of aromatic amines is 1. The predicted molar refractivity (Wildman–Crippen MR) is 164 cm³/mol. The maximum Gasteiger partial charge on any atom is 0.490 e. The number of carbonyl (C=O) groups is 3. The molecule has 0 bridgehead atoms. The van der Waals surface area contributed by atoms with Crippen molar-refractivity contribution in [3.05, 3.63) is 64.8 Å². The van der Waals surface area contributed by atoms with Gasteiger partial charge in [-0.05, 0) is 68.2 Å². The van der Waals surface area contributed by atoms with Gasteiger partial charge in [0.05, 0.1) is 0 Å². The van der Waals surface area contributed by atoms with E-state index in [1.165, 1.54) is 6.92 Å². The molecule has 12 heteroatoms. The minimum absolute atomic E-state index is 0.0558. The molecule has 0 fully saturated rings. The van der Waals surface area contributed by atoms with Gasteiger partial charge in [0.15, 0.2) is 6.10 Å². The van der Waals surface area contributed by atoms with Gasteiger partial charge in [-0.25, -0.2) is 4.79 Å². The molecule has 44 heavy (non-hydrogen) atoms. The molecule has 2 amide bonds. The van der Waals surface area contributed by atoms with Crippen LogP contribution in [0.15, 0.2) is 48.7 Å². The van der Waals surface area contributed by atoms with E-state index in [1.807, 2.05) is 49.3 Å². The van der Waals surface area contributed by atoms with Crippen LogP contribution >= 0.6 is 11.6 Å². The number of para-hydroxylation sites is 1. The van der Waals surface area contributed by atoms with Gasteiger partial charge < -0.3 is 24.8 Å². The highest BCUT2D eigenvalue weighted by Crippen LogP contribution is 2.35. The minimum atomic E-state index is -5.28. The number of nitrogens with zero attached hydrogens (tertiary/aromatic N) is 2. The Bertz CT molecular complexity index is 1510. The summed E-state index contributed by atoms with van der Waals surface area (Å²) < 4.78 is 44.1. The zero-order chi connectivity index (χ0) is 32.3. The summed E-state index contributed by atoms with van der Waals surface area (Å²) in [7, 11) is 3.89. The fourth-order valence-electron chi connectivity index (χ4n) is 5.84. The number of rotatable bonds is 10. The number of nitrogens with one attached hydrogen (secondary N) is 2. The first-order valence-electron chi connectivity index (χ1n) is 14.6. The number of hydrogen-bond donors (Lipinski definition) is 2. The average Bonchev–Trinajstić information content (AvgIpc) is 3.40. The number of halogens is 4. The predicted octanol–water partition coefficient (Wildman–Crippen LogP) is 5.70. The normalized spacial score (nSPS) is 18.0. The van der Waals surface area contributed by atoms with Crippen LogP contribution in [0.2, 0.25) is 5.02 Å². The van der Waals surface area contributed by atoms with Crippen molar-refractivity contribution >= 4 is 46.0 Å². The summed E-state index contributed by atoms with van der Waals surface area (Å²) in [5.74, 6) is -5.18. The van der Waals surface area contributed by atoms with Crippen molar-refractivity contribution in [2.45, 2.75) is 57.9 Å². The Hall–Kier alpha value is -3.57. The Labute approximate surface area is 259 Å². The first kappa shape index (κ1) is 33.3. The number of hydrogen-bond acceptors (Lipinski definition) is 5. The number of esters is 1. The van der Waals surface area contributed by atoms with E-state index in [2.05, 4.69) is 10.3 Å². The maximum atomic E-state index is 14.6. The first-order chi connectivity index (χ1) is 20.7. The van der Waals surface area contributed by atoms with Crippen molar-refractivity contribution in [2.24, 2.45) is 11.8 Å². The number of benzene rings is 2. The van der Waals surface area contributed by atoms with Crippen LogP contribution in [0.4, 0.5) is 18.9 Å². The highest BCUT2D eigenvalue weighted by molar-refractivity contribution is 6.30. The number of alkyl halides is 3. The van der Waals surface area contributed by atoms with Crippen LogP contribution in [-0.2, 0) is 25.5 Å². The molecule has 4 unspecified atom stereocenters. The van der Waals surface area contributed by atoms with E-state index in [1.54, 1.807) is 37.1 Å². The molecule has 0 radical (unpaired) electrons. The van der Waals surface area contributed by atoms with Crippen molar-refractivity contribution in [2.75, 3.05) is 32.1 Å². The summed E-state index contributed by atoms with van der Waals surface area (Å²) >= 11 is 6.32. The van der Waals surface area contributed by atoms with E-state index in [9.17, 15) is 27.6 Å². The molecule has 0 saturated heterocycles. The van der Waals surface area contributed by atoms with Crippen molar-refractivity contribution in [3.8, 4) is 0 Å². The summed E-state index contributed by atoms with van der Waals surface area (Å²) in [5, 5.41) is 4.08. The smallest absolute Gasteiger partial charge is 0.445 e. The van der Waals surface area contributed by atoms with Gasteiger partial charge in [0, 0.05) is 52.7 Å².